The Labute approximate surface area is 689 Å². The Morgan fingerprint density at radius 3 is 1.36 bits per heavy atom. The zero-order valence-electron chi connectivity index (χ0n) is 70.3. The molecule has 5 saturated heterocycles. The number of likely N-dealkylation sites (N-methyl/N-ethyl adjacent to an activating group) is 5. The molecular formula is C95H116N5O18+5. The number of aliphatic hydroxyl groups excluding tert-OH is 2. The van der Waals surface area contributed by atoms with Crippen LogP contribution < -0.4 is 33.2 Å². The maximum atomic E-state index is 12.6. The summed E-state index contributed by atoms with van der Waals surface area (Å²) < 4.78 is 52.5. The van der Waals surface area contributed by atoms with Gasteiger partial charge in [0.15, 0.2) is 93.5 Å². The second-order valence-electron chi connectivity index (χ2n) is 41.6. The number of rotatable bonds is 3. The van der Waals surface area contributed by atoms with Crippen LogP contribution in [0.2, 0.25) is 0 Å². The molecule has 118 heavy (non-hydrogen) atoms. The third-order valence-electron chi connectivity index (χ3n) is 34.8. The Bertz CT molecular complexity index is 5300. The number of methoxy groups -OCH3 is 1. The highest BCUT2D eigenvalue weighted by Crippen LogP contribution is 2.71. The summed E-state index contributed by atoms with van der Waals surface area (Å²) in [6.45, 7) is 8.03. The minimum absolute atomic E-state index is 0.0541. The van der Waals surface area contributed by atoms with E-state index in [0.29, 0.717) is 102 Å². The van der Waals surface area contributed by atoms with Crippen molar-refractivity contribution < 1.29 is 110 Å². The van der Waals surface area contributed by atoms with E-state index in [1.54, 1.807) is 25.3 Å². The molecule has 624 valence electrons. The van der Waals surface area contributed by atoms with Gasteiger partial charge in [-0.15, -0.1) is 0 Å². The van der Waals surface area contributed by atoms with E-state index >= 15 is 0 Å². The summed E-state index contributed by atoms with van der Waals surface area (Å²) in [4.78, 5) is 48.6. The maximum absolute atomic E-state index is 12.6. The average molecular weight is 1620 g/mol. The second-order valence-corrected chi connectivity index (χ2v) is 41.6. The average Bonchev–Trinajstić information content (AvgIpc) is 1.44. The molecule has 10 aliphatic carbocycles. The lowest BCUT2D eigenvalue weighted by Crippen LogP contribution is -2.79. The molecule has 5 aromatic rings. The third-order valence-corrected chi connectivity index (χ3v) is 34.8. The summed E-state index contributed by atoms with van der Waals surface area (Å²) in [7, 11) is 24.6. The van der Waals surface area contributed by atoms with Gasteiger partial charge >= 0.3 is 11.9 Å². The van der Waals surface area contributed by atoms with E-state index in [1.165, 1.54) is 58.4 Å². The number of carbonyl (C=O) groups excluding carboxylic acids is 4. The normalized spacial score (nSPS) is 40.1. The topological polar surface area (TPSA) is 263 Å². The number of quaternary nitrogens is 5. The molecule has 20 aliphatic rings. The number of phenolic OH excluding ortho intramolecular Hbond substituents is 3. The minimum Gasteiger partial charge on any atom is -0.504 e. The number of esters is 2. The number of ether oxygens (including phenoxy) is 8. The first-order valence-corrected chi connectivity index (χ1v) is 43.4. The predicted octanol–water partition coefficient (Wildman–Crippen LogP) is 7.79. The van der Waals surface area contributed by atoms with Crippen LogP contribution in [0.5, 0.6) is 57.5 Å². The van der Waals surface area contributed by atoms with Gasteiger partial charge < -0.3 is 90.9 Å². The molecule has 5 aromatic carbocycles. The Hall–Kier alpha value is -8.52. The number of benzene rings is 5. The van der Waals surface area contributed by atoms with E-state index < -0.39 is 35.4 Å². The predicted molar refractivity (Wildman–Crippen MR) is 433 cm³/mol. The summed E-state index contributed by atoms with van der Waals surface area (Å²) >= 11 is 0. The monoisotopic (exact) mass is 1610 g/mol. The van der Waals surface area contributed by atoms with Crippen molar-refractivity contribution in [3.05, 3.63) is 153 Å². The molecule has 23 atom stereocenters. The molecule has 0 aromatic heterocycles. The number of nitrogens with zero attached hydrogens (tertiary/aromatic N) is 5. The molecule has 6 N–H and O–H groups in total. The molecule has 25 rings (SSSR count). The third kappa shape index (κ3) is 9.81. The highest BCUT2D eigenvalue weighted by molar-refractivity contribution is 5.91. The minimum atomic E-state index is -0.945. The van der Waals surface area contributed by atoms with Gasteiger partial charge in [0.25, 0.3) is 0 Å². The van der Waals surface area contributed by atoms with Gasteiger partial charge in [-0.05, 0) is 77.1 Å². The Morgan fingerprint density at radius 2 is 0.831 bits per heavy atom. The SMILES string of the molecule is CC(=O)Oc1ccc2c3c1OC1C(OC(C)=O)C=CC4C(C2)[N+](C)(C)CCC341.COc1ccc2c3c1OC1C(O)C=CC4C(C2)[N+](C)(C)CCC341.C[N+]1(C)CCC23c4c5ccc(O)c4OC2C(=O)CCC3(O)C1C5.C[N+]1(C)CCC23c4c5ccc(O)c4OC2C(=O)CCC3C1C5.C[N+]1(C)CCC23c4c5ccc(O)c4OC2C(O)C=CC3C1C5. The summed E-state index contributed by atoms with van der Waals surface area (Å²) in [5.41, 5.74) is 9.84. The molecule has 23 nitrogen and oxygen atoms in total. The van der Waals surface area contributed by atoms with E-state index in [2.05, 4.69) is 113 Å². The first kappa shape index (κ1) is 76.8. The van der Waals surface area contributed by atoms with Gasteiger partial charge in [0.1, 0.15) is 54.2 Å². The van der Waals surface area contributed by atoms with Gasteiger partial charge in [-0.3, -0.25) is 19.2 Å². The molecule has 2 saturated carbocycles. The number of Topliss-reactive ketones (excluding diaryl/α,β-unsaturated/α-hetero) is 2. The fourth-order valence-corrected chi connectivity index (χ4v) is 29.3. The van der Waals surface area contributed by atoms with Crippen LogP contribution in [0.1, 0.15) is 127 Å². The number of aromatic hydroxyl groups is 3. The van der Waals surface area contributed by atoms with Crippen molar-refractivity contribution in [1.82, 2.24) is 0 Å². The fraction of sp³-hybridized carbons (Fsp3) is 0.579. The lowest BCUT2D eigenvalue weighted by atomic mass is 9.48. The summed E-state index contributed by atoms with van der Waals surface area (Å²) in [6.07, 6.45) is 21.3. The maximum Gasteiger partial charge on any atom is 0.308 e. The summed E-state index contributed by atoms with van der Waals surface area (Å²) in [5, 5.41) is 63.7. The number of ketones is 2. The number of piperidine rings is 5. The smallest absolute Gasteiger partial charge is 0.308 e. The van der Waals surface area contributed by atoms with Crippen LogP contribution in [0.15, 0.2) is 97.1 Å². The van der Waals surface area contributed by atoms with Crippen molar-refractivity contribution in [3.8, 4) is 57.5 Å². The number of carbonyl (C=O) groups is 4. The van der Waals surface area contributed by atoms with Crippen LogP contribution in [0, 0.1) is 23.7 Å². The molecule has 7 fully saturated rings. The number of likely N-dealkylation sites (tertiary alicyclic amines) is 5. The largest absolute Gasteiger partial charge is 0.504 e. The molecule has 0 radical (unpaired) electrons. The summed E-state index contributed by atoms with van der Waals surface area (Å²) in [5.74, 6) is 6.18. The zero-order valence-corrected chi connectivity index (χ0v) is 70.3. The van der Waals surface area contributed by atoms with Crippen molar-refractivity contribution in [3.63, 3.8) is 0 Å². The van der Waals surface area contributed by atoms with E-state index in [4.69, 9.17) is 37.9 Å². The van der Waals surface area contributed by atoms with Crippen LogP contribution >= 0.6 is 0 Å². The molecule has 5 spiro atoms. The van der Waals surface area contributed by atoms with Crippen molar-refractivity contribution in [1.29, 1.82) is 0 Å². The molecule has 10 bridgehead atoms. The standard InChI is InChI=1S/C22H26NO5.C19H24NO3.C18H21NO4.2C18H21NO3/c1-12(24)26-17-7-5-14-11-16-15-6-8-18(27-13(2)25)21-22(15,9-10-23(16,3)4)19(14)20(17)28-21;1-20(2)9-8-19-12-5-6-14(21)18(19)23-17-15(22-3)7-4-11(16(17)19)10-13(12)20;1-19(2)8-7-17-14-10-3-4-11(20)15(14)23-16(17)12(21)5-6-18(17,22)13(19)9-10;2*1-19(2)8-7-18-11-4-6-14(21)17(18)22-16-13(20)5-3-10(15(16)18)9-12(11)19/h5-8,15-16,18,21H,9-11H2,1-4H3;4-7,12-14,18,21H,8-10H2,1-3H3;3-4,13,16,22H,5-9H2,1-2H3;3,5,11-12,17H,4,6-9H2,1-2H3;3-6,11-12,14,17,21H,7-9H2,1-2H3/q2*+1;;;/p+3. The van der Waals surface area contributed by atoms with Crippen molar-refractivity contribution in [2.24, 2.45) is 23.7 Å². The van der Waals surface area contributed by atoms with Crippen molar-refractivity contribution in [2.45, 2.75) is 215 Å². The van der Waals surface area contributed by atoms with Crippen LogP contribution in [-0.4, -0.2) is 272 Å². The van der Waals surface area contributed by atoms with E-state index in [0.717, 1.165) is 142 Å². The Balaban J connectivity index is 0.0000000919. The first-order valence-electron chi connectivity index (χ1n) is 43.4. The van der Waals surface area contributed by atoms with Crippen LogP contribution in [0.4, 0.5) is 0 Å². The number of aliphatic hydroxyl groups is 3. The van der Waals surface area contributed by atoms with Crippen LogP contribution in [-0.2, 0) is 83.1 Å². The van der Waals surface area contributed by atoms with E-state index in [-0.39, 0.29) is 92.9 Å². The lowest BCUT2D eigenvalue weighted by Gasteiger charge is -2.63. The zero-order chi connectivity index (χ0) is 82.6. The fourth-order valence-electron chi connectivity index (χ4n) is 29.3. The van der Waals surface area contributed by atoms with Crippen LogP contribution in [0.3, 0.4) is 0 Å². The summed E-state index contributed by atoms with van der Waals surface area (Å²) in [6, 6.07) is 21.5. The number of hydrogen-bond donors (Lipinski definition) is 6. The first-order chi connectivity index (χ1) is 55.9. The van der Waals surface area contributed by atoms with Gasteiger partial charge in [-0.1, -0.05) is 60.7 Å². The van der Waals surface area contributed by atoms with Gasteiger partial charge in [0, 0.05) is 142 Å². The molecular weight excluding hydrogens is 1500 g/mol. The quantitative estimate of drug-likeness (QED) is 0.0436. The van der Waals surface area contributed by atoms with Gasteiger partial charge in [0.05, 0.1) is 143 Å². The highest BCUT2D eigenvalue weighted by atomic mass is 16.6. The van der Waals surface area contributed by atoms with Crippen LogP contribution in [0.25, 0.3) is 0 Å². The molecule has 10 aliphatic heterocycles. The van der Waals surface area contributed by atoms with Gasteiger partial charge in [-0.25, -0.2) is 0 Å². The highest BCUT2D eigenvalue weighted by Gasteiger charge is 2.78. The van der Waals surface area contributed by atoms with Crippen molar-refractivity contribution in [2.75, 3.05) is 110 Å². The van der Waals surface area contributed by atoms with E-state index in [1.807, 2.05) is 36.4 Å². The Morgan fingerprint density at radius 1 is 0.424 bits per heavy atom. The molecule has 10 heterocycles. The number of hydrogen-bond acceptors (Lipinski definition) is 18. The Kier molecular flexibility index (Phi) is 16.3. The van der Waals surface area contributed by atoms with Gasteiger partial charge in [0.2, 0.25) is 0 Å². The molecule has 23 heteroatoms. The van der Waals surface area contributed by atoms with Gasteiger partial charge in [-0.2, -0.15) is 0 Å². The molecule has 0 amide bonds. The second kappa shape index (κ2) is 25.1. The lowest BCUT2D eigenvalue weighted by molar-refractivity contribution is -0.931. The van der Waals surface area contributed by atoms with E-state index in [9.17, 15) is 49.8 Å². The number of phenols is 3. The molecule has 23 unspecified atom stereocenters. The van der Waals surface area contributed by atoms with Crippen molar-refractivity contribution >= 4 is 23.5 Å².